The highest BCUT2D eigenvalue weighted by molar-refractivity contribution is 7.89. The molecule has 2 saturated carbocycles. The van der Waals surface area contributed by atoms with E-state index in [1.165, 1.54) is 4.31 Å². The zero-order valence-electron chi connectivity index (χ0n) is 25.5. The molecule has 0 saturated heterocycles. The highest BCUT2D eigenvalue weighted by Gasteiger charge is 2.52. The summed E-state index contributed by atoms with van der Waals surface area (Å²) in [6.45, 7) is 9.31. The fraction of sp³-hybridized carbons (Fsp3) is 0.469. The van der Waals surface area contributed by atoms with Crippen LogP contribution in [0.3, 0.4) is 0 Å². The number of carboxylic acid groups (broad SMARTS) is 1. The van der Waals surface area contributed by atoms with Crippen molar-refractivity contribution in [2.75, 3.05) is 6.54 Å². The van der Waals surface area contributed by atoms with E-state index in [-0.39, 0.29) is 23.9 Å². The average Bonchev–Trinajstić information content (AvgIpc) is 3.91. The van der Waals surface area contributed by atoms with Gasteiger partial charge in [0.1, 0.15) is 16.0 Å². The van der Waals surface area contributed by atoms with E-state index in [9.17, 15) is 18.3 Å². The summed E-state index contributed by atoms with van der Waals surface area (Å²) in [6.07, 6.45) is 6.97. The molecular formula is C32H36N6O5S. The van der Waals surface area contributed by atoms with E-state index < -0.39 is 32.9 Å². The van der Waals surface area contributed by atoms with Crippen molar-refractivity contribution >= 4 is 27.0 Å². The number of sulfonamides is 1. The van der Waals surface area contributed by atoms with E-state index in [1.54, 1.807) is 39.2 Å². The van der Waals surface area contributed by atoms with Crippen LogP contribution < -0.4 is 4.74 Å². The van der Waals surface area contributed by atoms with Crippen molar-refractivity contribution in [3.8, 4) is 5.88 Å². The van der Waals surface area contributed by atoms with Crippen molar-refractivity contribution in [2.45, 2.75) is 89.3 Å². The predicted octanol–water partition coefficient (Wildman–Crippen LogP) is 4.84. The summed E-state index contributed by atoms with van der Waals surface area (Å²) >= 11 is 0. The SMILES string of the molecule is Cc1cnc2c(c1)S(=O)(=O)N(Cc1cc(C(c3ccc4c(nnn4C4CC4)c3C)C(C)(C)C(=O)O)cnc1C)CC1(CC1)O2. The lowest BCUT2D eigenvalue weighted by atomic mass is 9.70. The van der Waals surface area contributed by atoms with Gasteiger partial charge >= 0.3 is 5.97 Å². The first-order chi connectivity index (χ1) is 20.8. The molecule has 1 N–H and O–H groups in total. The molecular weight excluding hydrogens is 580 g/mol. The molecule has 1 unspecified atom stereocenters. The second-order valence-corrected chi connectivity index (χ2v) is 15.2. The van der Waals surface area contributed by atoms with Gasteiger partial charge in [-0.3, -0.25) is 9.78 Å². The average molecular weight is 617 g/mol. The van der Waals surface area contributed by atoms with Gasteiger partial charge in [0.25, 0.3) is 0 Å². The molecule has 1 aromatic carbocycles. The van der Waals surface area contributed by atoms with Crippen LogP contribution in [0.25, 0.3) is 11.0 Å². The van der Waals surface area contributed by atoms with Crippen molar-refractivity contribution in [3.63, 3.8) is 0 Å². The topological polar surface area (TPSA) is 140 Å². The Morgan fingerprint density at radius 2 is 1.89 bits per heavy atom. The number of hydrogen-bond acceptors (Lipinski definition) is 8. The summed E-state index contributed by atoms with van der Waals surface area (Å²) in [7, 11) is -3.94. The Bertz CT molecular complexity index is 1940. The number of hydrogen-bond donors (Lipinski definition) is 1. The van der Waals surface area contributed by atoms with Gasteiger partial charge < -0.3 is 9.84 Å². The minimum absolute atomic E-state index is 0.0658. The van der Waals surface area contributed by atoms with Gasteiger partial charge in [-0.25, -0.2) is 18.1 Å². The van der Waals surface area contributed by atoms with Crippen LogP contribution >= 0.6 is 0 Å². The first kappa shape index (κ1) is 28.8. The summed E-state index contributed by atoms with van der Waals surface area (Å²) in [6, 6.07) is 7.85. The molecule has 230 valence electrons. The van der Waals surface area contributed by atoms with E-state index >= 15 is 0 Å². The largest absolute Gasteiger partial charge is 0.481 e. The van der Waals surface area contributed by atoms with Gasteiger partial charge in [0.05, 0.1) is 23.5 Å². The molecule has 7 rings (SSSR count). The molecule has 1 atom stereocenters. The molecule has 0 bridgehead atoms. The fourth-order valence-electron chi connectivity index (χ4n) is 6.38. The third-order valence-electron chi connectivity index (χ3n) is 9.47. The van der Waals surface area contributed by atoms with Crippen LogP contribution in [0.1, 0.15) is 85.0 Å². The van der Waals surface area contributed by atoms with Crippen LogP contribution in [0.5, 0.6) is 5.88 Å². The summed E-state index contributed by atoms with van der Waals surface area (Å²) < 4.78 is 37.6. The summed E-state index contributed by atoms with van der Waals surface area (Å²) in [4.78, 5) is 21.8. The van der Waals surface area contributed by atoms with Gasteiger partial charge in [0.2, 0.25) is 15.9 Å². The fourth-order valence-corrected chi connectivity index (χ4v) is 8.03. The van der Waals surface area contributed by atoms with E-state index in [0.717, 1.165) is 53.4 Å². The number of pyridine rings is 2. The first-order valence-corrected chi connectivity index (χ1v) is 16.4. The molecule has 11 nitrogen and oxygen atoms in total. The molecule has 0 radical (unpaired) electrons. The van der Waals surface area contributed by atoms with E-state index in [0.29, 0.717) is 22.9 Å². The molecule has 3 aliphatic rings. The molecule has 12 heteroatoms. The highest BCUT2D eigenvalue weighted by atomic mass is 32.2. The number of carboxylic acids is 1. The number of benzene rings is 1. The summed E-state index contributed by atoms with van der Waals surface area (Å²) in [5.74, 6) is -1.39. The van der Waals surface area contributed by atoms with Gasteiger partial charge in [-0.05, 0) is 100 Å². The Hall–Kier alpha value is -3.90. The van der Waals surface area contributed by atoms with Crippen molar-refractivity contribution in [3.05, 3.63) is 70.2 Å². The Morgan fingerprint density at radius 1 is 1.14 bits per heavy atom. The lowest BCUT2D eigenvalue weighted by Crippen LogP contribution is -2.38. The van der Waals surface area contributed by atoms with Crippen LogP contribution in [-0.2, 0) is 21.4 Å². The van der Waals surface area contributed by atoms with Crippen LogP contribution in [0.4, 0.5) is 0 Å². The Labute approximate surface area is 256 Å². The van der Waals surface area contributed by atoms with Crippen molar-refractivity contribution in [1.82, 2.24) is 29.3 Å². The third kappa shape index (κ3) is 4.66. The maximum absolute atomic E-state index is 14.0. The van der Waals surface area contributed by atoms with E-state index in [4.69, 9.17) is 4.74 Å². The molecule has 44 heavy (non-hydrogen) atoms. The number of ether oxygens (including phenoxy) is 1. The number of rotatable bonds is 7. The maximum Gasteiger partial charge on any atom is 0.310 e. The van der Waals surface area contributed by atoms with Gasteiger partial charge in [-0.15, -0.1) is 5.10 Å². The van der Waals surface area contributed by atoms with Crippen LogP contribution in [0.2, 0.25) is 0 Å². The van der Waals surface area contributed by atoms with Crippen LogP contribution in [0, 0.1) is 26.2 Å². The Balaban J connectivity index is 1.32. The number of aliphatic carboxylic acids is 1. The van der Waals surface area contributed by atoms with E-state index in [2.05, 4.69) is 20.3 Å². The van der Waals surface area contributed by atoms with E-state index in [1.807, 2.05) is 36.7 Å². The molecule has 1 spiro atoms. The summed E-state index contributed by atoms with van der Waals surface area (Å²) in [5.41, 5.74) is 4.38. The maximum atomic E-state index is 14.0. The first-order valence-electron chi connectivity index (χ1n) is 15.0. The molecule has 2 aliphatic carbocycles. The Kier molecular flexibility index (Phi) is 6.43. The molecule has 1 aliphatic heterocycles. The number of nitrogens with zero attached hydrogens (tertiary/aromatic N) is 6. The molecule has 4 heterocycles. The zero-order valence-corrected chi connectivity index (χ0v) is 26.3. The second-order valence-electron chi connectivity index (χ2n) is 13.3. The molecule has 3 aromatic heterocycles. The van der Waals surface area contributed by atoms with Gasteiger partial charge in [0, 0.05) is 30.6 Å². The summed E-state index contributed by atoms with van der Waals surface area (Å²) in [5, 5.41) is 19.3. The minimum Gasteiger partial charge on any atom is -0.481 e. The zero-order chi connectivity index (χ0) is 31.2. The van der Waals surface area contributed by atoms with Crippen molar-refractivity contribution in [1.29, 1.82) is 0 Å². The minimum atomic E-state index is -3.94. The van der Waals surface area contributed by atoms with Gasteiger partial charge in [-0.2, -0.15) is 4.31 Å². The van der Waals surface area contributed by atoms with Crippen molar-refractivity contribution < 1.29 is 23.1 Å². The number of aromatic nitrogens is 5. The smallest absolute Gasteiger partial charge is 0.310 e. The molecule has 0 amide bonds. The standard InChI is InChI=1S/C32H36N6O5S/c1-18-12-26-29(34-14-18)43-32(10-11-32)17-37(44(26,41)42)16-22-13-21(15-33-20(22)3)27(31(4,5)30(39)40)24-8-9-25-28(19(24)2)35-36-38(25)23-6-7-23/h8-9,12-15,23,27H,6-7,10-11,16-17H2,1-5H3,(H,39,40). The lowest BCUT2D eigenvalue weighted by Gasteiger charge is -2.33. The second kappa shape index (κ2) is 9.80. The Morgan fingerprint density at radius 3 is 2.57 bits per heavy atom. The van der Waals surface area contributed by atoms with Crippen LogP contribution in [-0.4, -0.2) is 60.9 Å². The van der Waals surface area contributed by atoms with Gasteiger partial charge in [0.15, 0.2) is 0 Å². The number of carbonyl (C=O) groups is 1. The highest BCUT2D eigenvalue weighted by Crippen LogP contribution is 2.47. The normalized spacial score (nSPS) is 19.8. The van der Waals surface area contributed by atoms with Crippen LogP contribution in [0.15, 0.2) is 41.6 Å². The quantitative estimate of drug-likeness (QED) is 0.309. The lowest BCUT2D eigenvalue weighted by molar-refractivity contribution is -0.147. The molecule has 4 aromatic rings. The third-order valence-corrected chi connectivity index (χ3v) is 11.3. The number of fused-ring (bicyclic) bond motifs is 2. The molecule has 2 fully saturated rings. The predicted molar refractivity (Wildman–Crippen MR) is 162 cm³/mol. The monoisotopic (exact) mass is 616 g/mol. The van der Waals surface area contributed by atoms with Gasteiger partial charge in [-0.1, -0.05) is 17.3 Å². The van der Waals surface area contributed by atoms with Crippen molar-refractivity contribution in [2.24, 2.45) is 5.41 Å². The number of aryl methyl sites for hydroxylation is 3.